The normalized spacial score (nSPS) is 18.6. The molecule has 0 spiro atoms. The molecule has 1 aliphatic rings. The van der Waals surface area contributed by atoms with Crippen molar-refractivity contribution in [2.45, 2.75) is 25.4 Å². The minimum absolute atomic E-state index is 0.222. The average molecular weight is 257 g/mol. The fourth-order valence-corrected chi connectivity index (χ4v) is 3.05. The topological polar surface area (TPSA) is 12.0 Å². The molecule has 1 heterocycles. The summed E-state index contributed by atoms with van der Waals surface area (Å²) in [5, 5.41) is 5.70. The lowest BCUT2D eigenvalue weighted by Crippen LogP contribution is -2.33. The number of halogens is 1. The van der Waals surface area contributed by atoms with Gasteiger partial charge in [0.15, 0.2) is 0 Å². The second-order valence-corrected chi connectivity index (χ2v) is 5.45. The average Bonchev–Trinajstić information content (AvgIpc) is 2.48. The molecule has 0 saturated carbocycles. The number of benzene rings is 2. The molecule has 2 aromatic carbocycles. The molecule has 0 amide bonds. The lowest BCUT2D eigenvalue weighted by Gasteiger charge is -2.26. The van der Waals surface area contributed by atoms with Gasteiger partial charge in [0.25, 0.3) is 0 Å². The van der Waals surface area contributed by atoms with Crippen molar-refractivity contribution in [3.05, 3.63) is 48.0 Å². The summed E-state index contributed by atoms with van der Waals surface area (Å²) in [5.41, 5.74) is 1.14. The second-order valence-electron chi connectivity index (χ2n) is 5.45. The predicted octanol–water partition coefficient (Wildman–Crippen LogP) is 3.72. The van der Waals surface area contributed by atoms with E-state index in [4.69, 9.17) is 0 Å². The van der Waals surface area contributed by atoms with E-state index in [1.54, 1.807) is 0 Å². The first-order valence-electron chi connectivity index (χ1n) is 7.16. The first-order valence-corrected chi connectivity index (χ1v) is 7.16. The Morgan fingerprint density at radius 3 is 2.63 bits per heavy atom. The van der Waals surface area contributed by atoms with Crippen molar-refractivity contribution in [2.75, 3.05) is 13.1 Å². The van der Waals surface area contributed by atoms with Crippen LogP contribution in [0.15, 0.2) is 42.5 Å². The van der Waals surface area contributed by atoms with E-state index in [1.165, 1.54) is 10.8 Å². The highest BCUT2D eigenvalue weighted by Crippen LogP contribution is 2.26. The summed E-state index contributed by atoms with van der Waals surface area (Å²) >= 11 is 0. The monoisotopic (exact) mass is 257 g/mol. The standard InChI is InChI=1S/C17H20FN/c18-17(14-8-10-19-11-9-14)12-15-6-3-5-13-4-1-2-7-16(13)15/h1-7,14,17,19H,8-12H2. The molecule has 1 nitrogen and oxygen atoms in total. The summed E-state index contributed by atoms with van der Waals surface area (Å²) in [4.78, 5) is 0. The zero-order valence-corrected chi connectivity index (χ0v) is 11.1. The first kappa shape index (κ1) is 12.6. The fraction of sp³-hybridized carbons (Fsp3) is 0.412. The minimum atomic E-state index is -0.715. The van der Waals surface area contributed by atoms with Crippen LogP contribution in [-0.2, 0) is 6.42 Å². The zero-order chi connectivity index (χ0) is 13.1. The van der Waals surface area contributed by atoms with Crippen molar-refractivity contribution in [1.82, 2.24) is 5.32 Å². The maximum atomic E-state index is 14.5. The Hall–Kier alpha value is -1.41. The van der Waals surface area contributed by atoms with Crippen molar-refractivity contribution < 1.29 is 4.39 Å². The van der Waals surface area contributed by atoms with Gasteiger partial charge >= 0.3 is 0 Å². The Labute approximate surface area is 113 Å². The number of hydrogen-bond donors (Lipinski definition) is 1. The molecule has 1 unspecified atom stereocenters. The Morgan fingerprint density at radius 1 is 1.05 bits per heavy atom. The molecule has 100 valence electrons. The van der Waals surface area contributed by atoms with E-state index >= 15 is 0 Å². The highest BCUT2D eigenvalue weighted by Gasteiger charge is 2.23. The minimum Gasteiger partial charge on any atom is -0.317 e. The second kappa shape index (κ2) is 5.70. The number of nitrogens with one attached hydrogen (secondary N) is 1. The molecule has 1 aliphatic heterocycles. The maximum absolute atomic E-state index is 14.5. The van der Waals surface area contributed by atoms with Gasteiger partial charge in [-0.05, 0) is 48.2 Å². The van der Waals surface area contributed by atoms with Crippen LogP contribution in [-0.4, -0.2) is 19.3 Å². The van der Waals surface area contributed by atoms with E-state index in [0.717, 1.165) is 31.5 Å². The van der Waals surface area contributed by atoms with E-state index in [-0.39, 0.29) is 5.92 Å². The molecule has 1 atom stereocenters. The number of alkyl halides is 1. The molecule has 2 heteroatoms. The number of piperidine rings is 1. The molecular weight excluding hydrogens is 237 g/mol. The van der Waals surface area contributed by atoms with Crippen LogP contribution in [0.4, 0.5) is 4.39 Å². The first-order chi connectivity index (χ1) is 9.34. The van der Waals surface area contributed by atoms with Gasteiger partial charge in [-0.2, -0.15) is 0 Å². The molecule has 0 bridgehead atoms. The summed E-state index contributed by atoms with van der Waals surface area (Å²) < 4.78 is 14.5. The van der Waals surface area contributed by atoms with Crippen molar-refractivity contribution in [1.29, 1.82) is 0 Å². The lowest BCUT2D eigenvalue weighted by atomic mass is 9.88. The van der Waals surface area contributed by atoms with E-state index in [0.29, 0.717) is 6.42 Å². The van der Waals surface area contributed by atoms with E-state index in [1.807, 2.05) is 18.2 Å². The SMILES string of the molecule is FC(Cc1cccc2ccccc12)C1CCNCC1. The van der Waals surface area contributed by atoms with Crippen LogP contribution in [0.3, 0.4) is 0 Å². The van der Waals surface area contributed by atoms with Gasteiger partial charge in [0.2, 0.25) is 0 Å². The smallest absolute Gasteiger partial charge is 0.107 e. The van der Waals surface area contributed by atoms with Gasteiger partial charge in [-0.1, -0.05) is 42.5 Å². The van der Waals surface area contributed by atoms with Gasteiger partial charge in [0.1, 0.15) is 6.17 Å². The summed E-state index contributed by atoms with van der Waals surface area (Å²) in [6.45, 7) is 1.92. The molecular formula is C17H20FN. The van der Waals surface area contributed by atoms with Gasteiger partial charge in [-0.3, -0.25) is 0 Å². The van der Waals surface area contributed by atoms with Gasteiger partial charge in [0.05, 0.1) is 0 Å². The van der Waals surface area contributed by atoms with Gasteiger partial charge in [-0.25, -0.2) is 4.39 Å². The Morgan fingerprint density at radius 2 is 1.79 bits per heavy atom. The van der Waals surface area contributed by atoms with Crippen LogP contribution in [0.25, 0.3) is 10.8 Å². The van der Waals surface area contributed by atoms with E-state index in [2.05, 4.69) is 29.6 Å². The Kier molecular flexibility index (Phi) is 3.79. The maximum Gasteiger partial charge on any atom is 0.107 e. The van der Waals surface area contributed by atoms with Crippen LogP contribution in [0.5, 0.6) is 0 Å². The summed E-state index contributed by atoms with van der Waals surface area (Å²) in [6, 6.07) is 14.4. The van der Waals surface area contributed by atoms with Crippen molar-refractivity contribution in [2.24, 2.45) is 5.92 Å². The van der Waals surface area contributed by atoms with E-state index < -0.39 is 6.17 Å². The van der Waals surface area contributed by atoms with Crippen molar-refractivity contribution >= 4 is 10.8 Å². The molecule has 0 radical (unpaired) electrons. The molecule has 19 heavy (non-hydrogen) atoms. The van der Waals surface area contributed by atoms with Gasteiger partial charge < -0.3 is 5.32 Å². The van der Waals surface area contributed by atoms with Crippen LogP contribution in [0, 0.1) is 5.92 Å². The number of rotatable bonds is 3. The highest BCUT2D eigenvalue weighted by atomic mass is 19.1. The zero-order valence-electron chi connectivity index (χ0n) is 11.1. The van der Waals surface area contributed by atoms with E-state index in [9.17, 15) is 4.39 Å². The molecule has 1 N–H and O–H groups in total. The highest BCUT2D eigenvalue weighted by molar-refractivity contribution is 5.85. The number of hydrogen-bond acceptors (Lipinski definition) is 1. The third-order valence-corrected chi connectivity index (χ3v) is 4.19. The third kappa shape index (κ3) is 2.79. The number of fused-ring (bicyclic) bond motifs is 1. The van der Waals surface area contributed by atoms with Crippen LogP contribution < -0.4 is 5.32 Å². The lowest BCUT2D eigenvalue weighted by molar-refractivity contribution is 0.187. The quantitative estimate of drug-likeness (QED) is 0.883. The fourth-order valence-electron chi connectivity index (χ4n) is 3.05. The predicted molar refractivity (Wildman–Crippen MR) is 78.1 cm³/mol. The van der Waals surface area contributed by atoms with Crippen molar-refractivity contribution in [3.63, 3.8) is 0 Å². The van der Waals surface area contributed by atoms with Gasteiger partial charge in [0, 0.05) is 6.42 Å². The van der Waals surface area contributed by atoms with Crippen LogP contribution >= 0.6 is 0 Å². The molecule has 1 fully saturated rings. The molecule has 0 aromatic heterocycles. The summed E-state index contributed by atoms with van der Waals surface area (Å²) in [5.74, 6) is 0.222. The Balaban J connectivity index is 1.80. The summed E-state index contributed by atoms with van der Waals surface area (Å²) in [6.07, 6.45) is 1.76. The largest absolute Gasteiger partial charge is 0.317 e. The van der Waals surface area contributed by atoms with Gasteiger partial charge in [-0.15, -0.1) is 0 Å². The molecule has 3 rings (SSSR count). The summed E-state index contributed by atoms with van der Waals surface area (Å²) in [7, 11) is 0. The van der Waals surface area contributed by atoms with Crippen LogP contribution in [0.1, 0.15) is 18.4 Å². The molecule has 0 aliphatic carbocycles. The van der Waals surface area contributed by atoms with Crippen LogP contribution in [0.2, 0.25) is 0 Å². The molecule has 1 saturated heterocycles. The Bertz CT molecular complexity index is 540. The third-order valence-electron chi connectivity index (χ3n) is 4.19. The molecule has 2 aromatic rings. The van der Waals surface area contributed by atoms with Crippen molar-refractivity contribution in [3.8, 4) is 0 Å².